The zero-order valence-corrected chi connectivity index (χ0v) is 13.7. The number of aromatic nitrogens is 1. The molecule has 0 aliphatic carbocycles. The summed E-state index contributed by atoms with van der Waals surface area (Å²) in [7, 11) is 1.61. The Kier molecular flexibility index (Phi) is 4.85. The van der Waals surface area contributed by atoms with E-state index in [2.05, 4.69) is 10.6 Å². The van der Waals surface area contributed by atoms with Crippen LogP contribution in [0.5, 0.6) is 0 Å². The molecule has 0 bridgehead atoms. The van der Waals surface area contributed by atoms with E-state index in [0.717, 1.165) is 5.56 Å². The highest BCUT2D eigenvalue weighted by molar-refractivity contribution is 5.91. The minimum atomic E-state index is -0.459. The third kappa shape index (κ3) is 3.89. The fourth-order valence-electron chi connectivity index (χ4n) is 2.62. The molecule has 3 N–H and O–H groups in total. The minimum Gasteiger partial charge on any atom is -0.408 e. The molecular weight excluding hydrogens is 322 g/mol. The summed E-state index contributed by atoms with van der Waals surface area (Å²) < 4.78 is 6.49. The van der Waals surface area contributed by atoms with Crippen LogP contribution >= 0.6 is 0 Å². The van der Waals surface area contributed by atoms with E-state index in [9.17, 15) is 14.7 Å². The van der Waals surface area contributed by atoms with Gasteiger partial charge >= 0.3 is 11.8 Å². The predicted octanol–water partition coefficient (Wildman–Crippen LogP) is 1.86. The predicted molar refractivity (Wildman–Crippen MR) is 94.6 cm³/mol. The van der Waals surface area contributed by atoms with Gasteiger partial charge < -0.3 is 20.2 Å². The van der Waals surface area contributed by atoms with Crippen LogP contribution in [0, 0.1) is 0 Å². The molecule has 2 aromatic carbocycles. The molecule has 7 heteroatoms. The Morgan fingerprint density at radius 2 is 2.00 bits per heavy atom. The molecule has 0 aliphatic rings. The van der Waals surface area contributed by atoms with Crippen LogP contribution in [0.2, 0.25) is 0 Å². The third-order valence-electron chi connectivity index (χ3n) is 3.93. The number of aliphatic hydroxyl groups excluding tert-OH is 1. The van der Waals surface area contributed by atoms with E-state index >= 15 is 0 Å². The van der Waals surface area contributed by atoms with Crippen LogP contribution in [-0.4, -0.2) is 28.4 Å². The van der Waals surface area contributed by atoms with Crippen molar-refractivity contribution < 1.29 is 14.3 Å². The molecule has 0 unspecified atom stereocenters. The van der Waals surface area contributed by atoms with Crippen LogP contribution in [0.3, 0.4) is 0 Å². The number of anilines is 1. The lowest BCUT2D eigenvalue weighted by molar-refractivity contribution is 0.224. The summed E-state index contributed by atoms with van der Waals surface area (Å²) in [5.74, 6) is -0.459. The van der Waals surface area contributed by atoms with Crippen LogP contribution in [0.15, 0.2) is 57.7 Å². The number of rotatable bonds is 5. The van der Waals surface area contributed by atoms with Gasteiger partial charge in [0, 0.05) is 18.8 Å². The molecule has 7 nitrogen and oxygen atoms in total. The summed E-state index contributed by atoms with van der Waals surface area (Å²) in [5.41, 5.74) is 2.56. The number of aliphatic hydroxyl groups is 1. The first kappa shape index (κ1) is 16.8. The number of nitrogens with zero attached hydrogens (tertiary/aromatic N) is 1. The molecule has 3 rings (SSSR count). The highest BCUT2D eigenvalue weighted by atomic mass is 16.4. The van der Waals surface area contributed by atoms with Crippen molar-refractivity contribution in [3.8, 4) is 0 Å². The molecule has 0 aliphatic heterocycles. The van der Waals surface area contributed by atoms with Gasteiger partial charge in [0.15, 0.2) is 5.58 Å². The first-order valence-electron chi connectivity index (χ1n) is 7.88. The zero-order valence-electron chi connectivity index (χ0n) is 13.7. The number of oxazole rings is 1. The van der Waals surface area contributed by atoms with Gasteiger partial charge in [-0.25, -0.2) is 9.59 Å². The van der Waals surface area contributed by atoms with E-state index in [1.165, 1.54) is 4.57 Å². The largest absolute Gasteiger partial charge is 0.419 e. The van der Waals surface area contributed by atoms with Gasteiger partial charge in [-0.1, -0.05) is 30.3 Å². The van der Waals surface area contributed by atoms with E-state index in [1.54, 1.807) is 25.2 Å². The van der Waals surface area contributed by atoms with Crippen molar-refractivity contribution in [2.75, 3.05) is 11.9 Å². The number of hydrogen-bond donors (Lipinski definition) is 3. The van der Waals surface area contributed by atoms with E-state index in [-0.39, 0.29) is 6.61 Å². The van der Waals surface area contributed by atoms with Gasteiger partial charge in [0.2, 0.25) is 0 Å². The molecule has 1 atom stereocenters. The number of fused-ring (bicyclic) bond motifs is 1. The number of carbonyl (C=O) groups excluding carboxylic acids is 1. The van der Waals surface area contributed by atoms with Crippen LogP contribution in [0.1, 0.15) is 5.56 Å². The summed E-state index contributed by atoms with van der Waals surface area (Å²) in [5, 5.41) is 14.9. The quantitative estimate of drug-likeness (QED) is 0.660. The van der Waals surface area contributed by atoms with Crippen molar-refractivity contribution >= 4 is 22.8 Å². The maximum absolute atomic E-state index is 12.1. The third-order valence-corrected chi connectivity index (χ3v) is 3.93. The van der Waals surface area contributed by atoms with Gasteiger partial charge in [-0.3, -0.25) is 4.57 Å². The monoisotopic (exact) mass is 341 g/mol. The molecule has 1 aromatic heterocycles. The number of benzene rings is 2. The Bertz CT molecular complexity index is 930. The highest BCUT2D eigenvalue weighted by Gasteiger charge is 2.13. The summed E-state index contributed by atoms with van der Waals surface area (Å²) in [6.07, 6.45) is 0.525. The second-order valence-electron chi connectivity index (χ2n) is 5.78. The highest BCUT2D eigenvalue weighted by Crippen LogP contribution is 2.17. The lowest BCUT2D eigenvalue weighted by atomic mass is 10.1. The van der Waals surface area contributed by atoms with Gasteiger partial charge in [0.25, 0.3) is 0 Å². The van der Waals surface area contributed by atoms with Crippen molar-refractivity contribution in [3.63, 3.8) is 0 Å². The number of nitrogens with one attached hydrogen (secondary N) is 2. The normalized spacial score (nSPS) is 12.1. The van der Waals surface area contributed by atoms with Crippen molar-refractivity contribution in [3.05, 3.63) is 64.6 Å². The molecular formula is C18H19N3O4. The standard InChI is InChI=1S/C18H19N3O4/c1-21-15-8-7-13(10-16(15)25-18(21)24)19-17(23)20-14(11-22)9-12-5-3-2-4-6-12/h2-8,10,14,22H,9,11H2,1H3,(H2,19,20,23)/t14-/m0/s1. The van der Waals surface area contributed by atoms with Crippen LogP contribution < -0.4 is 16.4 Å². The average molecular weight is 341 g/mol. The fraction of sp³-hybridized carbons (Fsp3) is 0.222. The Morgan fingerprint density at radius 3 is 2.72 bits per heavy atom. The molecule has 25 heavy (non-hydrogen) atoms. The van der Waals surface area contributed by atoms with Gasteiger partial charge in [0.1, 0.15) is 0 Å². The van der Waals surface area contributed by atoms with Crippen molar-refractivity contribution in [1.29, 1.82) is 0 Å². The smallest absolute Gasteiger partial charge is 0.408 e. The zero-order chi connectivity index (χ0) is 17.8. The van der Waals surface area contributed by atoms with Crippen molar-refractivity contribution in [1.82, 2.24) is 9.88 Å². The number of aryl methyl sites for hydroxylation is 1. The molecule has 0 radical (unpaired) electrons. The molecule has 0 fully saturated rings. The number of amides is 2. The minimum absolute atomic E-state index is 0.172. The lowest BCUT2D eigenvalue weighted by Gasteiger charge is -2.17. The van der Waals surface area contributed by atoms with Gasteiger partial charge in [0.05, 0.1) is 18.2 Å². The second-order valence-corrected chi connectivity index (χ2v) is 5.78. The van der Waals surface area contributed by atoms with E-state index in [4.69, 9.17) is 4.42 Å². The van der Waals surface area contributed by atoms with Crippen molar-refractivity contribution in [2.24, 2.45) is 7.05 Å². The van der Waals surface area contributed by atoms with Gasteiger partial charge in [-0.15, -0.1) is 0 Å². The van der Waals surface area contributed by atoms with Crippen LogP contribution in [0.25, 0.3) is 11.1 Å². The van der Waals surface area contributed by atoms with Crippen molar-refractivity contribution in [2.45, 2.75) is 12.5 Å². The summed E-state index contributed by atoms with van der Waals surface area (Å²) >= 11 is 0. The molecule has 0 spiro atoms. The maximum atomic E-state index is 12.1. The summed E-state index contributed by atoms with van der Waals surface area (Å²) in [6, 6.07) is 13.7. The van der Waals surface area contributed by atoms with Crippen LogP contribution in [0.4, 0.5) is 10.5 Å². The lowest BCUT2D eigenvalue weighted by Crippen LogP contribution is -2.41. The molecule has 0 saturated heterocycles. The Labute approximate surface area is 143 Å². The second kappa shape index (κ2) is 7.23. The molecule has 2 amide bonds. The first-order chi connectivity index (χ1) is 12.1. The maximum Gasteiger partial charge on any atom is 0.419 e. The number of urea groups is 1. The molecule has 1 heterocycles. The Balaban J connectivity index is 1.66. The first-order valence-corrected chi connectivity index (χ1v) is 7.88. The molecule has 130 valence electrons. The fourth-order valence-corrected chi connectivity index (χ4v) is 2.62. The number of carbonyl (C=O) groups is 1. The van der Waals surface area contributed by atoms with E-state index in [1.807, 2.05) is 30.3 Å². The average Bonchev–Trinajstić information content (AvgIpc) is 2.89. The number of hydrogen-bond acceptors (Lipinski definition) is 4. The Morgan fingerprint density at radius 1 is 1.24 bits per heavy atom. The summed E-state index contributed by atoms with van der Waals surface area (Å²) in [6.45, 7) is -0.172. The molecule has 0 saturated carbocycles. The van der Waals surface area contributed by atoms with E-state index in [0.29, 0.717) is 23.2 Å². The Hall–Kier alpha value is -3.06. The van der Waals surface area contributed by atoms with Gasteiger partial charge in [-0.2, -0.15) is 0 Å². The topological polar surface area (TPSA) is 96.5 Å². The molecule has 3 aromatic rings. The SMILES string of the molecule is Cn1c(=O)oc2cc(NC(=O)N[C@H](CO)Cc3ccccc3)ccc21. The van der Waals surface area contributed by atoms with Crippen LogP contribution in [-0.2, 0) is 13.5 Å². The van der Waals surface area contributed by atoms with E-state index < -0.39 is 17.8 Å². The summed E-state index contributed by atoms with van der Waals surface area (Å²) in [4.78, 5) is 23.6. The van der Waals surface area contributed by atoms with Gasteiger partial charge in [-0.05, 0) is 24.1 Å².